The quantitative estimate of drug-likeness (QED) is 0.772. The minimum absolute atomic E-state index is 0.225. The predicted molar refractivity (Wildman–Crippen MR) is 85.1 cm³/mol. The summed E-state index contributed by atoms with van der Waals surface area (Å²) in [5.41, 5.74) is 1.30. The Kier molecular flexibility index (Phi) is 5.66. The van der Waals surface area contributed by atoms with Crippen LogP contribution in [-0.4, -0.2) is 12.6 Å². The Morgan fingerprint density at radius 3 is 2.80 bits per heavy atom. The van der Waals surface area contributed by atoms with Gasteiger partial charge >= 0.3 is 0 Å². The van der Waals surface area contributed by atoms with Gasteiger partial charge < -0.3 is 10.1 Å². The lowest BCUT2D eigenvalue weighted by Gasteiger charge is -2.22. The Bertz CT molecular complexity index is 439. The molecule has 2 nitrogen and oxygen atoms in total. The third-order valence-electron chi connectivity index (χ3n) is 3.82. The molecule has 0 aromatic heterocycles. The zero-order valence-electron chi connectivity index (χ0n) is 12.9. The second-order valence-corrected chi connectivity index (χ2v) is 6.02. The van der Waals surface area contributed by atoms with Crippen LogP contribution in [0.25, 0.3) is 0 Å². The van der Waals surface area contributed by atoms with Crippen molar-refractivity contribution in [2.75, 3.05) is 6.54 Å². The van der Waals surface area contributed by atoms with Gasteiger partial charge in [0.2, 0.25) is 0 Å². The van der Waals surface area contributed by atoms with Crippen LogP contribution in [0, 0.1) is 5.92 Å². The molecule has 1 aliphatic carbocycles. The maximum atomic E-state index is 5.76. The minimum atomic E-state index is 0.225. The Balaban J connectivity index is 1.87. The summed E-state index contributed by atoms with van der Waals surface area (Å²) in [5, 5.41) is 3.66. The van der Waals surface area contributed by atoms with Crippen molar-refractivity contribution in [3.8, 4) is 5.75 Å². The second-order valence-electron chi connectivity index (χ2n) is 6.02. The van der Waals surface area contributed by atoms with Crippen molar-refractivity contribution in [2.24, 2.45) is 5.92 Å². The number of nitrogens with one attached hydrogen (secondary N) is 1. The van der Waals surface area contributed by atoms with Crippen molar-refractivity contribution >= 4 is 0 Å². The van der Waals surface area contributed by atoms with E-state index in [-0.39, 0.29) is 6.10 Å². The van der Waals surface area contributed by atoms with Crippen LogP contribution in [0.3, 0.4) is 0 Å². The average molecular weight is 273 g/mol. The molecule has 1 aromatic carbocycles. The molecule has 0 saturated heterocycles. The SMILES string of the molecule is CC(C)Oc1cccc(C(C)NCC2CC=CCC2)c1. The fraction of sp³-hybridized carbons (Fsp3) is 0.556. The van der Waals surface area contributed by atoms with Crippen LogP contribution in [0.2, 0.25) is 0 Å². The van der Waals surface area contributed by atoms with Crippen molar-refractivity contribution in [3.63, 3.8) is 0 Å². The van der Waals surface area contributed by atoms with Gasteiger partial charge in [0.25, 0.3) is 0 Å². The van der Waals surface area contributed by atoms with Crippen LogP contribution >= 0.6 is 0 Å². The maximum Gasteiger partial charge on any atom is 0.120 e. The molecule has 0 heterocycles. The van der Waals surface area contributed by atoms with E-state index in [1.165, 1.54) is 24.8 Å². The molecule has 1 aliphatic rings. The first-order chi connectivity index (χ1) is 9.65. The molecule has 0 radical (unpaired) electrons. The summed E-state index contributed by atoms with van der Waals surface area (Å²) in [6.45, 7) is 7.45. The highest BCUT2D eigenvalue weighted by Crippen LogP contribution is 2.22. The van der Waals surface area contributed by atoms with Gasteiger partial charge in [0.15, 0.2) is 0 Å². The van der Waals surface area contributed by atoms with Gasteiger partial charge in [0, 0.05) is 6.04 Å². The summed E-state index contributed by atoms with van der Waals surface area (Å²) in [7, 11) is 0. The smallest absolute Gasteiger partial charge is 0.120 e. The summed E-state index contributed by atoms with van der Waals surface area (Å²) >= 11 is 0. The molecule has 110 valence electrons. The van der Waals surface area contributed by atoms with Crippen LogP contribution in [-0.2, 0) is 0 Å². The Labute approximate surface area is 123 Å². The van der Waals surface area contributed by atoms with Gasteiger partial charge in [-0.3, -0.25) is 0 Å². The van der Waals surface area contributed by atoms with Crippen molar-refractivity contribution in [2.45, 2.75) is 52.2 Å². The van der Waals surface area contributed by atoms with E-state index in [2.05, 4.69) is 56.4 Å². The molecule has 0 saturated carbocycles. The van der Waals surface area contributed by atoms with Crippen molar-refractivity contribution in [3.05, 3.63) is 42.0 Å². The molecule has 2 unspecified atom stereocenters. The zero-order chi connectivity index (χ0) is 14.4. The van der Waals surface area contributed by atoms with Crippen LogP contribution in [0.5, 0.6) is 5.75 Å². The third kappa shape index (κ3) is 4.68. The number of benzene rings is 1. The van der Waals surface area contributed by atoms with Crippen molar-refractivity contribution in [1.29, 1.82) is 0 Å². The van der Waals surface area contributed by atoms with Gasteiger partial charge in [-0.2, -0.15) is 0 Å². The largest absolute Gasteiger partial charge is 0.491 e. The molecule has 2 rings (SSSR count). The molecule has 1 aromatic rings. The molecule has 2 heteroatoms. The average Bonchev–Trinajstić information content (AvgIpc) is 2.45. The van der Waals surface area contributed by atoms with Crippen molar-refractivity contribution in [1.82, 2.24) is 5.32 Å². The van der Waals surface area contributed by atoms with Crippen LogP contribution in [0.4, 0.5) is 0 Å². The molecule has 0 spiro atoms. The van der Waals surface area contributed by atoms with Crippen molar-refractivity contribution < 1.29 is 4.74 Å². The molecular weight excluding hydrogens is 246 g/mol. The lowest BCUT2D eigenvalue weighted by molar-refractivity contribution is 0.242. The zero-order valence-corrected chi connectivity index (χ0v) is 12.9. The molecule has 1 N–H and O–H groups in total. The van der Waals surface area contributed by atoms with Crippen LogP contribution in [0.1, 0.15) is 51.6 Å². The maximum absolute atomic E-state index is 5.76. The standard InChI is InChI=1S/C18H27NO/c1-14(2)20-18-11-7-10-17(12-18)15(3)19-13-16-8-5-4-6-9-16/h4-5,7,10-12,14-16,19H,6,8-9,13H2,1-3H3. The van der Waals surface area contributed by atoms with Crippen LogP contribution in [0.15, 0.2) is 36.4 Å². The highest BCUT2D eigenvalue weighted by atomic mass is 16.5. The summed E-state index contributed by atoms with van der Waals surface area (Å²) in [5.74, 6) is 1.75. The summed E-state index contributed by atoms with van der Waals surface area (Å²) in [6.07, 6.45) is 8.61. The third-order valence-corrected chi connectivity index (χ3v) is 3.82. The lowest BCUT2D eigenvalue weighted by Crippen LogP contribution is -2.26. The van der Waals surface area contributed by atoms with E-state index in [4.69, 9.17) is 4.74 Å². The molecular formula is C18H27NO. The van der Waals surface area contributed by atoms with Gasteiger partial charge in [-0.1, -0.05) is 24.3 Å². The van der Waals surface area contributed by atoms with Crippen LogP contribution < -0.4 is 10.1 Å². The molecule has 0 bridgehead atoms. The number of allylic oxidation sites excluding steroid dienone is 2. The van der Waals surface area contributed by atoms with E-state index in [1.54, 1.807) is 0 Å². The highest BCUT2D eigenvalue weighted by molar-refractivity contribution is 5.30. The first kappa shape index (κ1) is 15.1. The summed E-state index contributed by atoms with van der Waals surface area (Å²) in [6, 6.07) is 8.80. The summed E-state index contributed by atoms with van der Waals surface area (Å²) < 4.78 is 5.76. The lowest BCUT2D eigenvalue weighted by atomic mass is 9.94. The first-order valence-corrected chi connectivity index (χ1v) is 7.80. The topological polar surface area (TPSA) is 21.3 Å². The number of hydrogen-bond acceptors (Lipinski definition) is 2. The molecule has 20 heavy (non-hydrogen) atoms. The van der Waals surface area contributed by atoms with E-state index >= 15 is 0 Å². The summed E-state index contributed by atoms with van der Waals surface area (Å²) in [4.78, 5) is 0. The number of rotatable bonds is 6. The Hall–Kier alpha value is -1.28. The van der Waals surface area contributed by atoms with E-state index in [0.29, 0.717) is 6.04 Å². The fourth-order valence-corrected chi connectivity index (χ4v) is 2.63. The van der Waals surface area contributed by atoms with E-state index in [9.17, 15) is 0 Å². The van der Waals surface area contributed by atoms with Gasteiger partial charge in [-0.15, -0.1) is 0 Å². The second kappa shape index (κ2) is 7.49. The predicted octanol–water partition coefficient (Wildman–Crippen LogP) is 4.48. The highest BCUT2D eigenvalue weighted by Gasteiger charge is 2.12. The van der Waals surface area contributed by atoms with Gasteiger partial charge in [-0.05, 0) is 70.2 Å². The monoisotopic (exact) mass is 273 g/mol. The molecule has 0 amide bonds. The van der Waals surface area contributed by atoms with Gasteiger partial charge in [-0.25, -0.2) is 0 Å². The van der Waals surface area contributed by atoms with E-state index in [0.717, 1.165) is 18.2 Å². The number of hydrogen-bond donors (Lipinski definition) is 1. The Morgan fingerprint density at radius 2 is 2.10 bits per heavy atom. The molecule has 0 aliphatic heterocycles. The molecule has 0 fully saturated rings. The number of ether oxygens (including phenoxy) is 1. The van der Waals surface area contributed by atoms with E-state index < -0.39 is 0 Å². The first-order valence-electron chi connectivity index (χ1n) is 7.80. The Morgan fingerprint density at radius 1 is 1.25 bits per heavy atom. The van der Waals surface area contributed by atoms with E-state index in [1.807, 2.05) is 6.07 Å². The van der Waals surface area contributed by atoms with Gasteiger partial charge in [0.1, 0.15) is 5.75 Å². The normalized spacial score (nSPS) is 20.1. The minimum Gasteiger partial charge on any atom is -0.491 e. The fourth-order valence-electron chi connectivity index (χ4n) is 2.63. The van der Waals surface area contributed by atoms with Gasteiger partial charge in [0.05, 0.1) is 6.10 Å². The molecule has 2 atom stereocenters.